The molecular formula is C6H12Cl2N2S. The van der Waals surface area contributed by atoms with E-state index in [0.29, 0.717) is 0 Å². The molecule has 1 atom stereocenters. The lowest BCUT2D eigenvalue weighted by atomic mass is 10.2. The van der Waals surface area contributed by atoms with Gasteiger partial charge in [0.25, 0.3) is 0 Å². The van der Waals surface area contributed by atoms with E-state index in [4.69, 9.17) is 5.73 Å². The summed E-state index contributed by atoms with van der Waals surface area (Å²) >= 11 is 1.59. The highest BCUT2D eigenvalue weighted by Gasteiger charge is 2.02. The molecular weight excluding hydrogens is 203 g/mol. The number of nitrogens with two attached hydrogens (primary N) is 1. The van der Waals surface area contributed by atoms with Crippen molar-refractivity contribution >= 4 is 36.2 Å². The maximum Gasteiger partial charge on any atom is 0.0795 e. The van der Waals surface area contributed by atoms with Gasteiger partial charge in [-0.2, -0.15) is 0 Å². The van der Waals surface area contributed by atoms with Crippen LogP contribution < -0.4 is 5.73 Å². The van der Waals surface area contributed by atoms with Crippen LogP contribution in [0.5, 0.6) is 0 Å². The van der Waals surface area contributed by atoms with Crippen LogP contribution in [-0.2, 0) is 0 Å². The van der Waals surface area contributed by atoms with Gasteiger partial charge < -0.3 is 5.73 Å². The van der Waals surface area contributed by atoms with E-state index in [1.807, 2.05) is 10.9 Å². The highest BCUT2D eigenvalue weighted by Crippen LogP contribution is 2.12. The van der Waals surface area contributed by atoms with Gasteiger partial charge in [-0.3, -0.25) is 0 Å². The van der Waals surface area contributed by atoms with Crippen LogP contribution in [0.15, 0.2) is 10.9 Å². The lowest BCUT2D eigenvalue weighted by Gasteiger charge is -2.01. The molecule has 0 bridgehead atoms. The molecule has 1 aromatic rings. The van der Waals surface area contributed by atoms with Crippen molar-refractivity contribution in [2.45, 2.75) is 19.4 Å². The quantitative estimate of drug-likeness (QED) is 0.822. The van der Waals surface area contributed by atoms with Crippen LogP contribution in [0.2, 0.25) is 0 Å². The summed E-state index contributed by atoms with van der Waals surface area (Å²) in [7, 11) is 0. The van der Waals surface area contributed by atoms with Crippen LogP contribution in [0.1, 0.15) is 25.1 Å². The van der Waals surface area contributed by atoms with E-state index in [1.165, 1.54) is 0 Å². The Labute approximate surface area is 83.0 Å². The Hall–Kier alpha value is 0.170. The van der Waals surface area contributed by atoms with Crippen molar-refractivity contribution in [2.24, 2.45) is 5.73 Å². The molecule has 0 amide bonds. The fourth-order valence-corrected chi connectivity index (χ4v) is 1.23. The van der Waals surface area contributed by atoms with Gasteiger partial charge in [-0.25, -0.2) is 4.98 Å². The number of hydrogen-bond donors (Lipinski definition) is 1. The second-order valence-corrected chi connectivity index (χ2v) is 2.65. The summed E-state index contributed by atoms with van der Waals surface area (Å²) < 4.78 is 0. The molecule has 2 N–H and O–H groups in total. The minimum absolute atomic E-state index is 0. The van der Waals surface area contributed by atoms with Crippen LogP contribution in [-0.4, -0.2) is 4.98 Å². The number of hydrogen-bond acceptors (Lipinski definition) is 3. The van der Waals surface area contributed by atoms with Crippen LogP contribution in [0.25, 0.3) is 0 Å². The van der Waals surface area contributed by atoms with Gasteiger partial charge in [-0.15, -0.1) is 36.2 Å². The number of thiazole rings is 1. The van der Waals surface area contributed by atoms with Crippen molar-refractivity contribution in [1.82, 2.24) is 4.98 Å². The third-order valence-electron chi connectivity index (χ3n) is 1.27. The van der Waals surface area contributed by atoms with Gasteiger partial charge in [-0.1, -0.05) is 6.92 Å². The fourth-order valence-electron chi connectivity index (χ4n) is 0.614. The molecule has 1 unspecified atom stereocenters. The average Bonchev–Trinajstić information content (AvgIpc) is 2.37. The highest BCUT2D eigenvalue weighted by atomic mass is 35.5. The maximum absolute atomic E-state index is 5.68. The zero-order chi connectivity index (χ0) is 6.69. The van der Waals surface area contributed by atoms with Crippen molar-refractivity contribution in [1.29, 1.82) is 0 Å². The molecule has 0 saturated carbocycles. The van der Waals surface area contributed by atoms with E-state index < -0.39 is 0 Å². The van der Waals surface area contributed by atoms with E-state index in [1.54, 1.807) is 11.3 Å². The Morgan fingerprint density at radius 3 is 2.64 bits per heavy atom. The van der Waals surface area contributed by atoms with E-state index in [-0.39, 0.29) is 30.9 Å². The monoisotopic (exact) mass is 214 g/mol. The maximum atomic E-state index is 5.68. The third-order valence-corrected chi connectivity index (χ3v) is 1.88. The second-order valence-electron chi connectivity index (χ2n) is 1.93. The van der Waals surface area contributed by atoms with Crippen LogP contribution in [0.3, 0.4) is 0 Å². The predicted molar refractivity (Wildman–Crippen MR) is 53.8 cm³/mol. The molecule has 11 heavy (non-hydrogen) atoms. The molecule has 1 rings (SSSR count). The van der Waals surface area contributed by atoms with E-state index in [0.717, 1.165) is 12.1 Å². The minimum Gasteiger partial charge on any atom is -0.323 e. The van der Waals surface area contributed by atoms with Crippen molar-refractivity contribution in [3.63, 3.8) is 0 Å². The lowest BCUT2D eigenvalue weighted by Crippen LogP contribution is -2.08. The van der Waals surface area contributed by atoms with E-state index in [2.05, 4.69) is 11.9 Å². The normalized spacial score (nSPS) is 11.1. The summed E-state index contributed by atoms with van der Waals surface area (Å²) in [5.41, 5.74) is 8.51. The van der Waals surface area contributed by atoms with Crippen molar-refractivity contribution in [3.8, 4) is 0 Å². The topological polar surface area (TPSA) is 38.9 Å². The molecule has 0 aliphatic rings. The largest absolute Gasteiger partial charge is 0.323 e. The molecule has 2 nitrogen and oxygen atoms in total. The van der Waals surface area contributed by atoms with Gasteiger partial charge in [0.15, 0.2) is 0 Å². The van der Waals surface area contributed by atoms with Crippen molar-refractivity contribution in [2.75, 3.05) is 0 Å². The van der Waals surface area contributed by atoms with E-state index >= 15 is 0 Å². The van der Waals surface area contributed by atoms with Gasteiger partial charge in [0.05, 0.1) is 11.2 Å². The molecule has 1 heterocycles. The van der Waals surface area contributed by atoms with Crippen LogP contribution >= 0.6 is 36.2 Å². The lowest BCUT2D eigenvalue weighted by molar-refractivity contribution is 0.680. The average molecular weight is 215 g/mol. The number of aromatic nitrogens is 1. The van der Waals surface area contributed by atoms with Gasteiger partial charge in [0.2, 0.25) is 0 Å². The van der Waals surface area contributed by atoms with Crippen LogP contribution in [0.4, 0.5) is 0 Å². The molecule has 5 heteroatoms. The van der Waals surface area contributed by atoms with Gasteiger partial charge in [-0.05, 0) is 6.42 Å². The Morgan fingerprint density at radius 2 is 2.27 bits per heavy atom. The zero-order valence-corrected chi connectivity index (χ0v) is 8.64. The van der Waals surface area contributed by atoms with E-state index in [9.17, 15) is 0 Å². The first-order valence-corrected chi connectivity index (χ1v) is 3.92. The van der Waals surface area contributed by atoms with Crippen molar-refractivity contribution in [3.05, 3.63) is 16.6 Å². The standard InChI is InChI=1S/C6H10N2S.2ClH/c1-2-5(7)6-3-9-4-8-6;;/h3-5H,2,7H2,1H3;2*1H. The molecule has 0 saturated heterocycles. The Kier molecular flexibility index (Phi) is 8.56. The van der Waals surface area contributed by atoms with Gasteiger partial charge >= 0.3 is 0 Å². The molecule has 0 spiro atoms. The zero-order valence-electron chi connectivity index (χ0n) is 6.19. The summed E-state index contributed by atoms with van der Waals surface area (Å²) in [5, 5.41) is 1.99. The predicted octanol–water partition coefficient (Wildman–Crippen LogP) is 2.40. The van der Waals surface area contributed by atoms with Gasteiger partial charge in [0.1, 0.15) is 0 Å². The molecule has 0 aromatic carbocycles. The number of nitrogens with zero attached hydrogens (tertiary/aromatic N) is 1. The number of rotatable bonds is 2. The second kappa shape index (κ2) is 6.85. The Balaban J connectivity index is 0. The molecule has 0 fully saturated rings. The summed E-state index contributed by atoms with van der Waals surface area (Å²) in [6, 6.07) is 0.135. The first-order valence-electron chi connectivity index (χ1n) is 2.98. The summed E-state index contributed by atoms with van der Waals surface area (Å²) in [5.74, 6) is 0. The summed E-state index contributed by atoms with van der Waals surface area (Å²) in [6.07, 6.45) is 0.962. The van der Waals surface area contributed by atoms with Gasteiger partial charge in [0, 0.05) is 11.4 Å². The summed E-state index contributed by atoms with van der Waals surface area (Å²) in [6.45, 7) is 2.06. The highest BCUT2D eigenvalue weighted by molar-refractivity contribution is 7.07. The Morgan fingerprint density at radius 1 is 1.64 bits per heavy atom. The minimum atomic E-state index is 0. The molecule has 0 aliphatic heterocycles. The first-order chi connectivity index (χ1) is 4.34. The molecule has 66 valence electrons. The third kappa shape index (κ3) is 3.91. The Bertz CT molecular complexity index is 167. The smallest absolute Gasteiger partial charge is 0.0795 e. The summed E-state index contributed by atoms with van der Waals surface area (Å²) in [4.78, 5) is 4.08. The number of halogens is 2. The molecule has 0 radical (unpaired) electrons. The molecule has 0 aliphatic carbocycles. The SMILES string of the molecule is CCC(N)c1cscn1.Cl.Cl. The van der Waals surface area contributed by atoms with Crippen LogP contribution in [0, 0.1) is 0 Å². The molecule has 1 aromatic heterocycles. The van der Waals surface area contributed by atoms with Crippen molar-refractivity contribution < 1.29 is 0 Å². The first kappa shape index (κ1) is 13.7. The fraction of sp³-hybridized carbons (Fsp3) is 0.500.